The van der Waals surface area contributed by atoms with Gasteiger partial charge in [-0.25, -0.2) is 9.59 Å². The smallest absolute Gasteiger partial charge is 0.407 e. The summed E-state index contributed by atoms with van der Waals surface area (Å²) in [4.78, 5) is 39.5. The van der Waals surface area contributed by atoms with Gasteiger partial charge in [-0.3, -0.25) is 4.79 Å². The molecule has 1 amide bonds. The zero-order valence-electron chi connectivity index (χ0n) is 36.7. The maximum Gasteiger partial charge on any atom is 0.407 e. The number of nitrogens with one attached hydrogen (secondary N) is 1. The molecule has 3 rings (SSSR count). The van der Waals surface area contributed by atoms with Gasteiger partial charge in [-0.2, -0.15) is 11.8 Å². The first kappa shape index (κ1) is 49.3. The molecular formula is C49H77NO7S. The second-order valence-electron chi connectivity index (χ2n) is 17.3. The van der Waals surface area contributed by atoms with Gasteiger partial charge in [-0.1, -0.05) is 172 Å². The number of thioether (sulfide) groups is 1. The highest BCUT2D eigenvalue weighted by atomic mass is 32.2. The molecule has 1 unspecified atom stereocenters. The average Bonchev–Trinajstić information content (AvgIpc) is 3.51. The monoisotopic (exact) mass is 824 g/mol. The van der Waals surface area contributed by atoms with Crippen LogP contribution in [0.25, 0.3) is 11.1 Å². The molecule has 2 aromatic carbocycles. The van der Waals surface area contributed by atoms with Crippen molar-refractivity contribution in [3.8, 4) is 11.1 Å². The summed E-state index contributed by atoms with van der Waals surface area (Å²) in [6.45, 7) is 11.0. The predicted molar refractivity (Wildman–Crippen MR) is 240 cm³/mol. The number of rotatable bonds is 32. The predicted octanol–water partition coefficient (Wildman–Crippen LogP) is 12.8. The number of hydrogen-bond donors (Lipinski definition) is 2. The van der Waals surface area contributed by atoms with Crippen LogP contribution in [0.5, 0.6) is 0 Å². The molecule has 1 aliphatic rings. The largest absolute Gasteiger partial charge is 0.481 e. The van der Waals surface area contributed by atoms with E-state index in [1.807, 2.05) is 24.3 Å². The highest BCUT2D eigenvalue weighted by molar-refractivity contribution is 7.99. The van der Waals surface area contributed by atoms with E-state index in [9.17, 15) is 19.5 Å². The Hall–Kier alpha value is -3.04. The zero-order chi connectivity index (χ0) is 42.0. The van der Waals surface area contributed by atoms with Crippen molar-refractivity contribution >= 4 is 29.8 Å². The van der Waals surface area contributed by atoms with Crippen LogP contribution in [0.1, 0.15) is 174 Å². The van der Waals surface area contributed by atoms with Crippen LogP contribution in [-0.4, -0.2) is 66.1 Å². The van der Waals surface area contributed by atoms with Crippen LogP contribution < -0.4 is 5.32 Å². The van der Waals surface area contributed by atoms with E-state index in [1.54, 1.807) is 20.8 Å². The van der Waals surface area contributed by atoms with Gasteiger partial charge in [-0.15, -0.1) is 0 Å². The van der Waals surface area contributed by atoms with Crippen molar-refractivity contribution in [2.45, 2.75) is 174 Å². The van der Waals surface area contributed by atoms with E-state index in [-0.39, 0.29) is 24.2 Å². The summed E-state index contributed by atoms with van der Waals surface area (Å²) in [7, 11) is 0. The summed E-state index contributed by atoms with van der Waals surface area (Å²) in [6, 6.07) is 15.4. The number of esters is 1. The van der Waals surface area contributed by atoms with Crippen LogP contribution in [0.2, 0.25) is 0 Å². The van der Waals surface area contributed by atoms with E-state index in [0.29, 0.717) is 25.4 Å². The third-order valence-electron chi connectivity index (χ3n) is 11.2. The Labute approximate surface area is 355 Å². The lowest BCUT2D eigenvalue weighted by Crippen LogP contribution is -2.46. The molecule has 2 aromatic rings. The van der Waals surface area contributed by atoms with Crippen molar-refractivity contribution in [3.05, 3.63) is 59.7 Å². The molecule has 58 heavy (non-hydrogen) atoms. The second kappa shape index (κ2) is 28.4. The van der Waals surface area contributed by atoms with Crippen LogP contribution in [0, 0.1) is 11.8 Å². The van der Waals surface area contributed by atoms with Gasteiger partial charge in [0, 0.05) is 24.2 Å². The lowest BCUT2D eigenvalue weighted by molar-refractivity contribution is -0.156. The highest BCUT2D eigenvalue weighted by Crippen LogP contribution is 2.44. The minimum atomic E-state index is -0.968. The number of alkyl carbamates (subject to hydrolysis) is 1. The molecule has 0 fully saturated rings. The van der Waals surface area contributed by atoms with Crippen LogP contribution in [0.4, 0.5) is 4.79 Å². The lowest BCUT2D eigenvalue weighted by atomic mass is 9.89. The Morgan fingerprint density at radius 3 is 1.72 bits per heavy atom. The summed E-state index contributed by atoms with van der Waals surface area (Å²) in [5, 5.41) is 13.2. The number of carbonyl (C=O) groups excluding carboxylic acids is 2. The van der Waals surface area contributed by atoms with E-state index >= 15 is 0 Å². The van der Waals surface area contributed by atoms with Crippen molar-refractivity contribution < 1.29 is 33.7 Å². The number of benzene rings is 2. The Kier molecular flexibility index (Phi) is 24.2. The second-order valence-corrected chi connectivity index (χ2v) is 18.4. The maximum atomic E-state index is 13.5. The van der Waals surface area contributed by atoms with Crippen molar-refractivity contribution in [1.82, 2.24) is 5.32 Å². The number of ether oxygens (including phenoxy) is 3. The summed E-state index contributed by atoms with van der Waals surface area (Å²) >= 11 is 1.46. The van der Waals surface area contributed by atoms with Crippen LogP contribution >= 0.6 is 11.8 Å². The van der Waals surface area contributed by atoms with Crippen LogP contribution in [0.15, 0.2) is 48.5 Å². The van der Waals surface area contributed by atoms with Crippen molar-refractivity contribution in [2.75, 3.05) is 31.3 Å². The van der Waals surface area contributed by atoms with Crippen LogP contribution in [0.3, 0.4) is 0 Å². The Balaban J connectivity index is 1.58. The third kappa shape index (κ3) is 18.9. The zero-order valence-corrected chi connectivity index (χ0v) is 37.5. The number of fused-ring (bicyclic) bond motifs is 3. The molecule has 0 bridgehead atoms. The molecule has 9 heteroatoms. The van der Waals surface area contributed by atoms with E-state index < -0.39 is 35.6 Å². The molecule has 0 saturated carbocycles. The summed E-state index contributed by atoms with van der Waals surface area (Å²) < 4.78 is 17.7. The fourth-order valence-electron chi connectivity index (χ4n) is 7.93. The number of carboxylic acid groups (broad SMARTS) is 1. The first-order chi connectivity index (χ1) is 28.1. The minimum absolute atomic E-state index is 0.109. The fraction of sp³-hybridized carbons (Fsp3) is 0.694. The molecule has 8 nitrogen and oxygen atoms in total. The number of amides is 1. The number of unbranched alkanes of at least 4 members (excludes halogenated alkanes) is 16. The third-order valence-corrected chi connectivity index (χ3v) is 12.4. The van der Waals surface area contributed by atoms with Gasteiger partial charge >= 0.3 is 18.0 Å². The molecule has 1 aliphatic carbocycles. The van der Waals surface area contributed by atoms with Gasteiger partial charge in [0.05, 0.1) is 12.5 Å². The van der Waals surface area contributed by atoms with Gasteiger partial charge in [0.25, 0.3) is 0 Å². The topological polar surface area (TPSA) is 111 Å². The number of carbonyl (C=O) groups is 3. The molecule has 0 saturated heterocycles. The molecule has 0 aromatic heterocycles. The number of carboxylic acids is 1. The normalized spacial score (nSPS) is 14.0. The Morgan fingerprint density at radius 1 is 0.707 bits per heavy atom. The van der Waals surface area contributed by atoms with Crippen LogP contribution in [-0.2, 0) is 23.8 Å². The van der Waals surface area contributed by atoms with Gasteiger partial charge in [0.2, 0.25) is 0 Å². The van der Waals surface area contributed by atoms with Gasteiger partial charge < -0.3 is 24.6 Å². The van der Waals surface area contributed by atoms with Gasteiger partial charge in [-0.05, 0) is 61.6 Å². The molecule has 3 atom stereocenters. The van der Waals surface area contributed by atoms with E-state index in [1.165, 1.54) is 95.2 Å². The lowest BCUT2D eigenvalue weighted by Gasteiger charge is -2.26. The van der Waals surface area contributed by atoms with Crippen molar-refractivity contribution in [3.63, 3.8) is 0 Å². The van der Waals surface area contributed by atoms with E-state index in [0.717, 1.165) is 54.4 Å². The van der Waals surface area contributed by atoms with Crippen molar-refractivity contribution in [1.29, 1.82) is 0 Å². The first-order valence-corrected chi connectivity index (χ1v) is 23.9. The summed E-state index contributed by atoms with van der Waals surface area (Å²) in [6.07, 6.45) is 21.6. The molecule has 0 heterocycles. The SMILES string of the molecule is CCCCCCCCCCCCOC[C@H](CSC[C@H](NC(=O)OCC1c2ccccc2-c2ccccc21)C(=O)OC(C)(C)C)C(CCCCCCCCCC)C(=O)O. The number of aliphatic carboxylic acids is 1. The molecular weight excluding hydrogens is 747 g/mol. The van der Waals surface area contributed by atoms with Gasteiger partial charge in [0.1, 0.15) is 18.2 Å². The molecule has 0 spiro atoms. The van der Waals surface area contributed by atoms with E-state index in [4.69, 9.17) is 14.2 Å². The summed E-state index contributed by atoms with van der Waals surface area (Å²) in [5.74, 6) is -1.52. The average molecular weight is 824 g/mol. The molecule has 0 radical (unpaired) electrons. The quantitative estimate of drug-likeness (QED) is 0.0554. The highest BCUT2D eigenvalue weighted by Gasteiger charge is 2.33. The summed E-state index contributed by atoms with van der Waals surface area (Å²) in [5.41, 5.74) is 3.74. The maximum absolute atomic E-state index is 13.5. The minimum Gasteiger partial charge on any atom is -0.481 e. The fourth-order valence-corrected chi connectivity index (χ4v) is 9.15. The van der Waals surface area contributed by atoms with Gasteiger partial charge in [0.15, 0.2) is 0 Å². The molecule has 326 valence electrons. The first-order valence-electron chi connectivity index (χ1n) is 22.8. The Morgan fingerprint density at radius 2 is 1.21 bits per heavy atom. The molecule has 0 aliphatic heterocycles. The standard InChI is InChI=1S/C49H77NO7S/c1-6-8-10-12-14-16-17-19-21-27-33-55-34-38(39(46(51)52)28-22-20-18-15-13-11-9-7-2)36-58-37-45(47(53)57-49(3,4)5)50-48(54)56-35-44-42-31-25-23-29-40(42)41-30-24-26-32-43(41)44/h23-26,29-32,38-39,44-45H,6-22,27-28,33-37H2,1-5H3,(H,50,54)(H,51,52)/t38-,39?,45+/m1/s1. The number of hydrogen-bond acceptors (Lipinski definition) is 7. The van der Waals surface area contributed by atoms with Crippen molar-refractivity contribution in [2.24, 2.45) is 11.8 Å². The van der Waals surface area contributed by atoms with E-state index in [2.05, 4.69) is 43.4 Å². The molecule has 2 N–H and O–H groups in total. The Bertz CT molecular complexity index is 1410.